The summed E-state index contributed by atoms with van der Waals surface area (Å²) in [6.45, 7) is 3.82. The summed E-state index contributed by atoms with van der Waals surface area (Å²) in [5.74, 6) is 0. The molecule has 0 aromatic heterocycles. The molecule has 0 saturated heterocycles. The average Bonchev–Trinajstić information content (AvgIpc) is 2.08. The first kappa shape index (κ1) is 14.1. The third kappa shape index (κ3) is 12.1. The van der Waals surface area contributed by atoms with Gasteiger partial charge in [0.25, 0.3) is 0 Å². The number of rotatable bonds is 9. The Hall–Kier alpha value is 0.137. The summed E-state index contributed by atoms with van der Waals surface area (Å²) in [4.78, 5) is 18.4. The second-order valence-electron chi connectivity index (χ2n) is 4.44. The van der Waals surface area contributed by atoms with E-state index in [1.54, 1.807) is 6.55 Å². The molecule has 0 aliphatic heterocycles. The fourth-order valence-corrected chi connectivity index (χ4v) is 2.51. The lowest BCUT2D eigenvalue weighted by Crippen LogP contribution is -2.29. The van der Waals surface area contributed by atoms with E-state index in [0.29, 0.717) is 6.04 Å². The maximum atomic E-state index is 9.18. The van der Waals surface area contributed by atoms with E-state index < -0.39 is 8.56 Å². The molecule has 0 unspecified atom stereocenters. The van der Waals surface area contributed by atoms with Gasteiger partial charge in [0.1, 0.15) is 0 Å². The minimum absolute atomic E-state index is 0.641. The zero-order chi connectivity index (χ0) is 10.9. The summed E-state index contributed by atoms with van der Waals surface area (Å²) >= 11 is 0. The van der Waals surface area contributed by atoms with E-state index in [9.17, 15) is 9.59 Å². The van der Waals surface area contributed by atoms with Crippen LogP contribution in [0.1, 0.15) is 58.3 Å². The van der Waals surface area contributed by atoms with Crippen LogP contribution < -0.4 is 0 Å². The molecule has 86 valence electrons. The third-order valence-electron chi connectivity index (χ3n) is 2.50. The highest BCUT2D eigenvalue weighted by Gasteiger charge is 2.19. The van der Waals surface area contributed by atoms with Gasteiger partial charge in [-0.15, -0.1) is 0 Å². The summed E-state index contributed by atoms with van der Waals surface area (Å²) in [7, 11) is -2.74. The Morgan fingerprint density at radius 1 is 0.786 bits per heavy atom. The predicted molar refractivity (Wildman–Crippen MR) is 63.5 cm³/mol. The summed E-state index contributed by atoms with van der Waals surface area (Å²) in [5, 5.41) is 0. The largest absolute Gasteiger partial charge is 0.411 e. The maximum absolute atomic E-state index is 9.18. The molecular weight excluding hydrogens is 192 g/mol. The van der Waals surface area contributed by atoms with Gasteiger partial charge in [-0.25, -0.2) is 0 Å². The van der Waals surface area contributed by atoms with E-state index in [1.807, 2.05) is 0 Å². The van der Waals surface area contributed by atoms with Crippen LogP contribution in [0.15, 0.2) is 0 Å². The van der Waals surface area contributed by atoms with Crippen molar-refractivity contribution in [2.24, 2.45) is 0 Å². The third-order valence-corrected chi connectivity index (χ3v) is 3.80. The number of unbranched alkanes of at least 4 members (excludes halogenated alkanes) is 7. The lowest BCUT2D eigenvalue weighted by molar-refractivity contribution is 0.366. The molecule has 0 aliphatic rings. The van der Waals surface area contributed by atoms with Gasteiger partial charge in [0.2, 0.25) is 0 Å². The van der Waals surface area contributed by atoms with Crippen molar-refractivity contribution in [3.05, 3.63) is 0 Å². The molecule has 0 saturated carbocycles. The quantitative estimate of drug-likeness (QED) is 0.461. The smallest absolute Gasteiger partial charge is 0.329 e. The molecule has 0 atom stereocenters. The highest BCUT2D eigenvalue weighted by molar-refractivity contribution is 6.63. The van der Waals surface area contributed by atoms with Crippen molar-refractivity contribution < 1.29 is 9.59 Å². The fraction of sp³-hybridized carbons (Fsp3) is 1.00. The van der Waals surface area contributed by atoms with Crippen LogP contribution in [0.5, 0.6) is 0 Å². The SMILES string of the molecule is CCCCCCCCCC[Si](C)(O)O. The second kappa shape index (κ2) is 8.45. The zero-order valence-corrected chi connectivity index (χ0v) is 10.8. The number of hydrogen-bond acceptors (Lipinski definition) is 2. The Morgan fingerprint density at radius 3 is 1.64 bits per heavy atom. The summed E-state index contributed by atoms with van der Waals surface area (Å²) in [6, 6.07) is 0.641. The summed E-state index contributed by atoms with van der Waals surface area (Å²) in [6.07, 6.45) is 10.1. The lowest BCUT2D eigenvalue weighted by Gasteiger charge is -2.10. The van der Waals surface area contributed by atoms with E-state index in [4.69, 9.17) is 0 Å². The molecule has 0 radical (unpaired) electrons. The molecule has 0 aliphatic carbocycles. The summed E-state index contributed by atoms with van der Waals surface area (Å²) < 4.78 is 0. The van der Waals surface area contributed by atoms with Crippen LogP contribution in [-0.2, 0) is 0 Å². The van der Waals surface area contributed by atoms with Crippen LogP contribution in [0.2, 0.25) is 12.6 Å². The van der Waals surface area contributed by atoms with Gasteiger partial charge in [0, 0.05) is 0 Å². The maximum Gasteiger partial charge on any atom is 0.329 e. The van der Waals surface area contributed by atoms with Crippen molar-refractivity contribution >= 4 is 8.56 Å². The van der Waals surface area contributed by atoms with Crippen LogP contribution in [0, 0.1) is 0 Å². The van der Waals surface area contributed by atoms with E-state index in [1.165, 1.54) is 38.5 Å². The molecule has 3 heteroatoms. The van der Waals surface area contributed by atoms with E-state index in [2.05, 4.69) is 6.92 Å². The first-order valence-electron chi connectivity index (χ1n) is 6.01. The van der Waals surface area contributed by atoms with E-state index >= 15 is 0 Å². The van der Waals surface area contributed by atoms with Crippen molar-refractivity contribution in [2.75, 3.05) is 0 Å². The number of hydrogen-bond donors (Lipinski definition) is 2. The van der Waals surface area contributed by atoms with Gasteiger partial charge < -0.3 is 9.59 Å². The van der Waals surface area contributed by atoms with Gasteiger partial charge in [-0.05, 0) is 12.6 Å². The Kier molecular flexibility index (Phi) is 8.53. The van der Waals surface area contributed by atoms with Gasteiger partial charge in [-0.1, -0.05) is 58.3 Å². The van der Waals surface area contributed by atoms with E-state index in [-0.39, 0.29) is 0 Å². The van der Waals surface area contributed by atoms with Gasteiger partial charge in [0.05, 0.1) is 0 Å². The fourth-order valence-electron chi connectivity index (χ4n) is 1.59. The normalized spacial score (nSPS) is 12.0. The Bertz CT molecular complexity index is 121. The predicted octanol–water partition coefficient (Wildman–Crippen LogP) is 3.18. The molecule has 0 amide bonds. The first-order chi connectivity index (χ1) is 6.56. The van der Waals surface area contributed by atoms with Gasteiger partial charge >= 0.3 is 8.56 Å². The van der Waals surface area contributed by atoms with Crippen molar-refractivity contribution in [1.82, 2.24) is 0 Å². The molecule has 0 fully saturated rings. The van der Waals surface area contributed by atoms with Crippen molar-refractivity contribution in [1.29, 1.82) is 0 Å². The van der Waals surface area contributed by atoms with Crippen molar-refractivity contribution in [3.8, 4) is 0 Å². The molecule has 0 heterocycles. The molecular formula is C11H26O2Si. The Balaban J connectivity index is 2.99. The standard InChI is InChI=1S/C11H26O2Si/c1-3-4-5-6-7-8-9-10-11-14(2,12)13/h12-13H,3-11H2,1-2H3. The van der Waals surface area contributed by atoms with Gasteiger partial charge in [-0.2, -0.15) is 0 Å². The first-order valence-corrected chi connectivity index (χ1v) is 8.61. The van der Waals surface area contributed by atoms with Crippen LogP contribution in [0.4, 0.5) is 0 Å². The van der Waals surface area contributed by atoms with Crippen molar-refractivity contribution in [3.63, 3.8) is 0 Å². The molecule has 2 nitrogen and oxygen atoms in total. The molecule has 0 rings (SSSR count). The van der Waals surface area contributed by atoms with Crippen LogP contribution in [0.3, 0.4) is 0 Å². The van der Waals surface area contributed by atoms with Gasteiger partial charge in [0.15, 0.2) is 0 Å². The lowest BCUT2D eigenvalue weighted by atomic mass is 10.1. The summed E-state index contributed by atoms with van der Waals surface area (Å²) in [5.41, 5.74) is 0. The zero-order valence-electron chi connectivity index (χ0n) is 9.76. The molecule has 0 aromatic carbocycles. The molecule has 0 aromatic rings. The molecule has 0 spiro atoms. The monoisotopic (exact) mass is 218 g/mol. The highest BCUT2D eigenvalue weighted by Crippen LogP contribution is 2.12. The van der Waals surface area contributed by atoms with Crippen LogP contribution in [-0.4, -0.2) is 18.2 Å². The minimum Gasteiger partial charge on any atom is -0.411 e. The van der Waals surface area contributed by atoms with Gasteiger partial charge in [-0.3, -0.25) is 0 Å². The molecule has 2 N–H and O–H groups in total. The Labute approximate surface area is 89.6 Å². The Morgan fingerprint density at radius 2 is 1.21 bits per heavy atom. The van der Waals surface area contributed by atoms with E-state index in [0.717, 1.165) is 12.8 Å². The molecule has 14 heavy (non-hydrogen) atoms. The highest BCUT2D eigenvalue weighted by atomic mass is 28.4. The van der Waals surface area contributed by atoms with Crippen LogP contribution in [0.25, 0.3) is 0 Å². The average molecular weight is 218 g/mol. The molecule has 0 bridgehead atoms. The van der Waals surface area contributed by atoms with Crippen molar-refractivity contribution in [2.45, 2.75) is 70.9 Å². The minimum atomic E-state index is -2.74. The second-order valence-corrected chi connectivity index (χ2v) is 7.38. The topological polar surface area (TPSA) is 40.5 Å². The van der Waals surface area contributed by atoms with Crippen LogP contribution >= 0.6 is 0 Å².